The van der Waals surface area contributed by atoms with Crippen LogP contribution in [0.1, 0.15) is 30.0 Å². The third-order valence-corrected chi connectivity index (χ3v) is 6.92. The van der Waals surface area contributed by atoms with Crippen molar-refractivity contribution in [3.05, 3.63) is 62.5 Å². The lowest BCUT2D eigenvalue weighted by atomic mass is 9.93. The molecule has 2 atom stereocenters. The van der Waals surface area contributed by atoms with Crippen LogP contribution in [0.3, 0.4) is 0 Å². The normalized spacial score (nSPS) is 21.6. The van der Waals surface area contributed by atoms with Crippen LogP contribution in [-0.2, 0) is 11.3 Å². The monoisotopic (exact) mass is 594 g/mol. The molecule has 0 spiro atoms. The van der Waals surface area contributed by atoms with Gasteiger partial charge in [0.2, 0.25) is 0 Å². The zero-order valence-electron chi connectivity index (χ0n) is 17.8. The van der Waals surface area contributed by atoms with E-state index in [0.29, 0.717) is 19.3 Å². The largest absolute Gasteiger partial charge is 0.490 e. The number of rotatable bonds is 5. The predicted octanol–water partition coefficient (Wildman–Crippen LogP) is 6.10. The summed E-state index contributed by atoms with van der Waals surface area (Å²) >= 11 is 7.14. The highest BCUT2D eigenvalue weighted by Crippen LogP contribution is 2.39. The Bertz CT molecular complexity index is 828. The molecule has 4 rings (SSSR count). The topological polar surface area (TPSA) is 24.9 Å². The number of likely N-dealkylation sites (tertiary alicyclic amines) is 1. The molecule has 0 aliphatic carbocycles. The average Bonchev–Trinajstić information content (AvgIpc) is 2.71. The molecule has 0 radical (unpaired) electrons. The maximum Gasteiger partial charge on any atom is 0.124 e. The van der Waals surface area contributed by atoms with Crippen molar-refractivity contribution in [2.75, 3.05) is 33.8 Å². The minimum Gasteiger partial charge on any atom is -0.490 e. The Morgan fingerprint density at radius 2 is 1.68 bits per heavy atom. The van der Waals surface area contributed by atoms with Crippen LogP contribution in [0, 0.1) is 0 Å². The summed E-state index contributed by atoms with van der Waals surface area (Å²) in [5.41, 5.74) is 2.40. The molecule has 1 saturated heterocycles. The first-order valence-electron chi connectivity index (χ1n) is 10.2. The van der Waals surface area contributed by atoms with Gasteiger partial charge in [0.25, 0.3) is 0 Å². The summed E-state index contributed by atoms with van der Waals surface area (Å²) < 4.78 is 14.6. The van der Waals surface area contributed by atoms with Gasteiger partial charge in [-0.1, -0.05) is 50.1 Å². The van der Waals surface area contributed by atoms with E-state index in [2.05, 4.69) is 86.1 Å². The molecule has 2 heterocycles. The molecule has 0 aromatic heterocycles. The molecule has 0 bridgehead atoms. The van der Waals surface area contributed by atoms with Gasteiger partial charge in [-0.15, -0.1) is 24.8 Å². The molecule has 1 fully saturated rings. The lowest BCUT2D eigenvalue weighted by Crippen LogP contribution is -2.49. The van der Waals surface area contributed by atoms with Gasteiger partial charge in [-0.05, 0) is 56.8 Å². The van der Waals surface area contributed by atoms with E-state index in [9.17, 15) is 0 Å². The lowest BCUT2D eigenvalue weighted by Gasteiger charge is -2.44. The Morgan fingerprint density at radius 1 is 1.03 bits per heavy atom. The van der Waals surface area contributed by atoms with Crippen molar-refractivity contribution in [3.8, 4) is 5.75 Å². The van der Waals surface area contributed by atoms with Crippen molar-refractivity contribution in [3.63, 3.8) is 0 Å². The van der Waals surface area contributed by atoms with Crippen molar-refractivity contribution in [2.24, 2.45) is 0 Å². The lowest BCUT2D eigenvalue weighted by molar-refractivity contribution is -0.0667. The van der Waals surface area contributed by atoms with Gasteiger partial charge >= 0.3 is 0 Å². The van der Waals surface area contributed by atoms with E-state index in [4.69, 9.17) is 9.47 Å². The van der Waals surface area contributed by atoms with Crippen LogP contribution >= 0.6 is 56.7 Å². The molecule has 0 amide bonds. The van der Waals surface area contributed by atoms with Crippen molar-refractivity contribution in [1.29, 1.82) is 0 Å². The van der Waals surface area contributed by atoms with E-state index in [0.717, 1.165) is 33.3 Å². The highest BCUT2D eigenvalue weighted by Gasteiger charge is 2.37. The smallest absolute Gasteiger partial charge is 0.124 e. The third kappa shape index (κ3) is 6.59. The zero-order chi connectivity index (χ0) is 20.4. The van der Waals surface area contributed by atoms with Gasteiger partial charge in [-0.3, -0.25) is 4.90 Å². The number of fused-ring (bicyclic) bond motifs is 1. The standard InChI is InChI=1S/C23H28Br2N2O2.2ClH/c1-26(2)19-7-9-27(10-8-19)23-20-5-3-4-6-21(20)29-15-22(23)28-14-16-11-17(24)13-18(25)12-16;;/h3-6,11-13,19,22-23H,7-10,14-15H2,1-2H3;2*1H. The van der Waals surface area contributed by atoms with Crippen LogP contribution in [0.15, 0.2) is 51.4 Å². The number of hydrogen-bond donors (Lipinski definition) is 0. The number of ether oxygens (including phenoxy) is 2. The van der Waals surface area contributed by atoms with Crippen molar-refractivity contribution in [1.82, 2.24) is 9.80 Å². The van der Waals surface area contributed by atoms with Crippen molar-refractivity contribution >= 4 is 56.7 Å². The molecule has 2 aromatic rings. The van der Waals surface area contributed by atoms with E-state index in [-0.39, 0.29) is 37.0 Å². The number of piperidine rings is 1. The Kier molecular flexibility index (Phi) is 10.6. The molecule has 31 heavy (non-hydrogen) atoms. The predicted molar refractivity (Wildman–Crippen MR) is 138 cm³/mol. The number of hydrogen-bond acceptors (Lipinski definition) is 4. The molecule has 2 aromatic carbocycles. The number of para-hydroxylation sites is 1. The van der Waals surface area contributed by atoms with Gasteiger partial charge < -0.3 is 14.4 Å². The van der Waals surface area contributed by atoms with Crippen LogP contribution in [0.2, 0.25) is 0 Å². The Labute approximate surface area is 214 Å². The van der Waals surface area contributed by atoms with Gasteiger partial charge in [0.15, 0.2) is 0 Å². The molecule has 0 N–H and O–H groups in total. The first-order chi connectivity index (χ1) is 14.0. The number of nitrogens with zero attached hydrogens (tertiary/aromatic N) is 2. The molecule has 0 saturated carbocycles. The van der Waals surface area contributed by atoms with Gasteiger partial charge in [0.05, 0.1) is 12.6 Å². The second-order valence-corrected chi connectivity index (χ2v) is 9.98. The summed E-state index contributed by atoms with van der Waals surface area (Å²) in [6.07, 6.45) is 2.40. The van der Waals surface area contributed by atoms with E-state index in [1.54, 1.807) is 0 Å². The summed E-state index contributed by atoms with van der Waals surface area (Å²) in [7, 11) is 4.37. The summed E-state index contributed by atoms with van der Waals surface area (Å²) in [6, 6.07) is 15.6. The third-order valence-electron chi connectivity index (χ3n) is 6.00. The van der Waals surface area contributed by atoms with Gasteiger partial charge in [-0.2, -0.15) is 0 Å². The molecule has 172 valence electrons. The Morgan fingerprint density at radius 3 is 2.32 bits per heavy atom. The highest BCUT2D eigenvalue weighted by molar-refractivity contribution is 9.11. The maximum atomic E-state index is 6.46. The second-order valence-electron chi connectivity index (χ2n) is 8.15. The summed E-state index contributed by atoms with van der Waals surface area (Å²) in [6.45, 7) is 3.33. The van der Waals surface area contributed by atoms with E-state index < -0.39 is 0 Å². The van der Waals surface area contributed by atoms with Crippen molar-refractivity contribution in [2.45, 2.75) is 37.6 Å². The van der Waals surface area contributed by atoms with Crippen LogP contribution in [0.5, 0.6) is 5.75 Å². The maximum absolute atomic E-state index is 6.46. The second kappa shape index (κ2) is 12.2. The first-order valence-corrected chi connectivity index (χ1v) is 11.8. The molecule has 8 heteroatoms. The first kappa shape index (κ1) is 26.9. The summed E-state index contributed by atoms with van der Waals surface area (Å²) in [4.78, 5) is 4.96. The van der Waals surface area contributed by atoms with E-state index >= 15 is 0 Å². The van der Waals surface area contributed by atoms with Crippen LogP contribution < -0.4 is 4.74 Å². The van der Waals surface area contributed by atoms with Gasteiger partial charge in [-0.25, -0.2) is 0 Å². The minimum atomic E-state index is 0. The molecular weight excluding hydrogens is 567 g/mol. The Balaban J connectivity index is 0.00000171. The van der Waals surface area contributed by atoms with E-state index in [1.165, 1.54) is 18.4 Å². The summed E-state index contributed by atoms with van der Waals surface area (Å²) in [5, 5.41) is 0. The molecular formula is C23H30Br2Cl2N2O2. The SMILES string of the molecule is CN(C)C1CCN(C2c3ccccc3OCC2OCc2cc(Br)cc(Br)c2)CC1.Cl.Cl. The van der Waals surface area contributed by atoms with Crippen LogP contribution in [-0.4, -0.2) is 55.7 Å². The molecule has 4 nitrogen and oxygen atoms in total. The van der Waals surface area contributed by atoms with Crippen LogP contribution in [0.4, 0.5) is 0 Å². The van der Waals surface area contributed by atoms with Gasteiger partial charge in [0.1, 0.15) is 18.5 Å². The zero-order valence-corrected chi connectivity index (χ0v) is 22.6. The van der Waals surface area contributed by atoms with E-state index in [1.807, 2.05) is 12.1 Å². The average molecular weight is 597 g/mol. The quantitative estimate of drug-likeness (QED) is 0.416. The van der Waals surface area contributed by atoms with Gasteiger partial charge in [0, 0.05) is 33.6 Å². The minimum absolute atomic E-state index is 0. The fraction of sp³-hybridized carbons (Fsp3) is 0.478. The van der Waals surface area contributed by atoms with Crippen LogP contribution in [0.25, 0.3) is 0 Å². The fourth-order valence-corrected chi connectivity index (χ4v) is 5.86. The summed E-state index contributed by atoms with van der Waals surface area (Å²) in [5.74, 6) is 0.997. The number of benzene rings is 2. The number of halogens is 4. The molecule has 2 unspecified atom stereocenters. The molecule has 2 aliphatic rings. The Hall–Kier alpha value is -0.340. The van der Waals surface area contributed by atoms with Crippen molar-refractivity contribution < 1.29 is 9.47 Å². The molecule has 2 aliphatic heterocycles. The fourth-order valence-electron chi connectivity index (χ4n) is 4.47. The highest BCUT2D eigenvalue weighted by atomic mass is 79.9.